The lowest BCUT2D eigenvalue weighted by Crippen LogP contribution is -2.56. The summed E-state index contributed by atoms with van der Waals surface area (Å²) in [4.78, 5) is 18.3. The van der Waals surface area contributed by atoms with Gasteiger partial charge in [0.1, 0.15) is 6.10 Å². The molecule has 108 valence electrons. The van der Waals surface area contributed by atoms with Crippen molar-refractivity contribution in [3.8, 4) is 5.88 Å². The Labute approximate surface area is 128 Å². The molecule has 3 rings (SSSR count). The number of aryl methyl sites for hydroxylation is 1. The number of carbonyl (C=O) groups excluding carboxylic acids is 1. The Morgan fingerprint density at radius 3 is 2.76 bits per heavy atom. The molecule has 0 spiro atoms. The number of halogens is 1. The van der Waals surface area contributed by atoms with Crippen LogP contribution in [0, 0.1) is 6.92 Å². The highest BCUT2D eigenvalue weighted by Crippen LogP contribution is 2.20. The van der Waals surface area contributed by atoms with Gasteiger partial charge in [-0.2, -0.15) is 0 Å². The fraction of sp³-hybridized carbons (Fsp3) is 0.250. The number of aromatic nitrogens is 1. The fourth-order valence-electron chi connectivity index (χ4n) is 2.24. The topological polar surface area (TPSA) is 42.4 Å². The number of likely N-dealkylation sites (tertiary alicyclic amines) is 1. The molecule has 2 heterocycles. The van der Waals surface area contributed by atoms with Crippen molar-refractivity contribution >= 4 is 17.5 Å². The highest BCUT2D eigenvalue weighted by Gasteiger charge is 2.33. The molecule has 1 aliphatic heterocycles. The smallest absolute Gasteiger partial charge is 0.254 e. The number of hydrogen-bond donors (Lipinski definition) is 0. The van der Waals surface area contributed by atoms with Crippen LogP contribution in [0.15, 0.2) is 42.5 Å². The molecule has 1 fully saturated rings. The van der Waals surface area contributed by atoms with E-state index in [1.807, 2.05) is 25.1 Å². The van der Waals surface area contributed by atoms with E-state index in [0.29, 0.717) is 29.6 Å². The van der Waals surface area contributed by atoms with Crippen LogP contribution in [0.25, 0.3) is 0 Å². The van der Waals surface area contributed by atoms with E-state index in [0.717, 1.165) is 5.69 Å². The molecule has 2 aromatic rings. The van der Waals surface area contributed by atoms with Gasteiger partial charge in [-0.05, 0) is 31.2 Å². The third-order valence-corrected chi connectivity index (χ3v) is 3.59. The Bertz CT molecular complexity index is 669. The summed E-state index contributed by atoms with van der Waals surface area (Å²) in [6, 6.07) is 12.6. The Balaban J connectivity index is 1.57. The van der Waals surface area contributed by atoms with Gasteiger partial charge >= 0.3 is 0 Å². The van der Waals surface area contributed by atoms with E-state index < -0.39 is 0 Å². The monoisotopic (exact) mass is 302 g/mol. The van der Waals surface area contributed by atoms with E-state index in [1.54, 1.807) is 29.2 Å². The molecule has 5 heteroatoms. The lowest BCUT2D eigenvalue weighted by Gasteiger charge is -2.38. The molecule has 0 unspecified atom stereocenters. The van der Waals surface area contributed by atoms with E-state index >= 15 is 0 Å². The minimum absolute atomic E-state index is 0.00225. The molecule has 0 atom stereocenters. The predicted octanol–water partition coefficient (Wildman–Crippen LogP) is 2.95. The molecule has 1 aliphatic rings. The first-order chi connectivity index (χ1) is 10.1. The van der Waals surface area contributed by atoms with Crippen LogP contribution in [0.5, 0.6) is 5.88 Å². The molecule has 1 amide bonds. The fourth-order valence-corrected chi connectivity index (χ4v) is 2.43. The summed E-state index contributed by atoms with van der Waals surface area (Å²) in [5, 5.41) is 0.568. The van der Waals surface area contributed by atoms with E-state index in [1.165, 1.54) is 0 Å². The second kappa shape index (κ2) is 5.74. The summed E-state index contributed by atoms with van der Waals surface area (Å²) >= 11 is 5.90. The lowest BCUT2D eigenvalue weighted by molar-refractivity contribution is 0.0159. The largest absolute Gasteiger partial charge is 0.471 e. The second-order valence-electron chi connectivity index (χ2n) is 5.08. The van der Waals surface area contributed by atoms with Crippen LogP contribution < -0.4 is 4.74 Å². The second-order valence-corrected chi connectivity index (χ2v) is 5.51. The van der Waals surface area contributed by atoms with Crippen molar-refractivity contribution in [1.82, 2.24) is 9.88 Å². The number of nitrogens with zero attached hydrogens (tertiary/aromatic N) is 2. The quantitative estimate of drug-likeness (QED) is 0.875. The maximum Gasteiger partial charge on any atom is 0.254 e. The van der Waals surface area contributed by atoms with Gasteiger partial charge in [0.25, 0.3) is 5.91 Å². The molecule has 1 aromatic heterocycles. The summed E-state index contributed by atoms with van der Waals surface area (Å²) in [6.45, 7) is 3.06. The average Bonchev–Trinajstić information content (AvgIpc) is 2.42. The van der Waals surface area contributed by atoms with Crippen LogP contribution in [0.4, 0.5) is 0 Å². The number of hydrogen-bond acceptors (Lipinski definition) is 3. The molecule has 0 saturated carbocycles. The van der Waals surface area contributed by atoms with Gasteiger partial charge in [0.05, 0.1) is 13.1 Å². The molecular weight excluding hydrogens is 288 g/mol. The molecule has 0 N–H and O–H groups in total. The zero-order valence-electron chi connectivity index (χ0n) is 11.6. The Morgan fingerprint density at radius 1 is 1.29 bits per heavy atom. The van der Waals surface area contributed by atoms with Gasteiger partial charge in [-0.3, -0.25) is 4.79 Å². The first-order valence-corrected chi connectivity index (χ1v) is 7.15. The number of ether oxygens (including phenoxy) is 1. The number of pyridine rings is 1. The van der Waals surface area contributed by atoms with E-state index in [4.69, 9.17) is 16.3 Å². The number of carbonyl (C=O) groups is 1. The van der Waals surface area contributed by atoms with Crippen LogP contribution in [-0.2, 0) is 0 Å². The zero-order chi connectivity index (χ0) is 14.8. The molecule has 1 aromatic carbocycles. The Hall–Kier alpha value is -2.07. The molecule has 0 bridgehead atoms. The maximum atomic E-state index is 12.2. The SMILES string of the molecule is Cc1cccc(OC2CN(C(=O)c3cccc(Cl)c3)C2)n1. The zero-order valence-corrected chi connectivity index (χ0v) is 12.4. The molecule has 0 radical (unpaired) electrons. The summed E-state index contributed by atoms with van der Waals surface area (Å²) in [6.07, 6.45) is 0.00225. The van der Waals surface area contributed by atoms with Crippen molar-refractivity contribution in [2.75, 3.05) is 13.1 Å². The van der Waals surface area contributed by atoms with Gasteiger partial charge in [-0.15, -0.1) is 0 Å². The lowest BCUT2D eigenvalue weighted by atomic mass is 10.1. The van der Waals surface area contributed by atoms with Crippen LogP contribution in [0.1, 0.15) is 16.1 Å². The number of rotatable bonds is 3. The van der Waals surface area contributed by atoms with Crippen molar-refractivity contribution < 1.29 is 9.53 Å². The normalized spacial score (nSPS) is 14.7. The van der Waals surface area contributed by atoms with Crippen LogP contribution in [0.2, 0.25) is 5.02 Å². The van der Waals surface area contributed by atoms with Crippen LogP contribution in [-0.4, -0.2) is 35.0 Å². The van der Waals surface area contributed by atoms with Crippen molar-refractivity contribution in [3.63, 3.8) is 0 Å². The van der Waals surface area contributed by atoms with Gasteiger partial charge in [0, 0.05) is 22.3 Å². The highest BCUT2D eigenvalue weighted by atomic mass is 35.5. The standard InChI is InChI=1S/C16H15ClN2O2/c1-11-4-2-7-15(18-11)21-14-9-19(10-14)16(20)12-5-3-6-13(17)8-12/h2-8,14H,9-10H2,1H3. The summed E-state index contributed by atoms with van der Waals surface area (Å²) in [7, 11) is 0. The third-order valence-electron chi connectivity index (χ3n) is 3.36. The van der Waals surface area contributed by atoms with Gasteiger partial charge < -0.3 is 9.64 Å². The molecule has 4 nitrogen and oxygen atoms in total. The first-order valence-electron chi connectivity index (χ1n) is 6.77. The van der Waals surface area contributed by atoms with Crippen LogP contribution in [0.3, 0.4) is 0 Å². The summed E-state index contributed by atoms with van der Waals surface area (Å²) < 4.78 is 5.74. The summed E-state index contributed by atoms with van der Waals surface area (Å²) in [5.41, 5.74) is 1.52. The van der Waals surface area contributed by atoms with E-state index in [9.17, 15) is 4.79 Å². The maximum absolute atomic E-state index is 12.2. The Kier molecular flexibility index (Phi) is 3.80. The molecular formula is C16H15ClN2O2. The van der Waals surface area contributed by atoms with Gasteiger partial charge in [0.15, 0.2) is 0 Å². The van der Waals surface area contributed by atoms with Crippen molar-refractivity contribution in [3.05, 3.63) is 58.7 Å². The van der Waals surface area contributed by atoms with Crippen molar-refractivity contribution in [2.24, 2.45) is 0 Å². The van der Waals surface area contributed by atoms with Gasteiger partial charge in [-0.1, -0.05) is 23.7 Å². The average molecular weight is 303 g/mol. The van der Waals surface area contributed by atoms with Gasteiger partial charge in [0.2, 0.25) is 5.88 Å². The molecule has 1 saturated heterocycles. The van der Waals surface area contributed by atoms with Crippen molar-refractivity contribution in [1.29, 1.82) is 0 Å². The molecule has 0 aliphatic carbocycles. The number of amides is 1. The Morgan fingerprint density at radius 2 is 2.05 bits per heavy atom. The number of benzene rings is 1. The molecule has 21 heavy (non-hydrogen) atoms. The highest BCUT2D eigenvalue weighted by molar-refractivity contribution is 6.30. The minimum atomic E-state index is -0.0189. The third kappa shape index (κ3) is 3.16. The minimum Gasteiger partial charge on any atom is -0.471 e. The van der Waals surface area contributed by atoms with E-state index in [2.05, 4.69) is 4.98 Å². The predicted molar refractivity (Wildman–Crippen MR) is 80.7 cm³/mol. The summed E-state index contributed by atoms with van der Waals surface area (Å²) in [5.74, 6) is 0.587. The van der Waals surface area contributed by atoms with Gasteiger partial charge in [-0.25, -0.2) is 4.98 Å². The first kappa shape index (κ1) is 13.9. The van der Waals surface area contributed by atoms with Crippen LogP contribution >= 0.6 is 11.6 Å². The van der Waals surface area contributed by atoms with Crippen molar-refractivity contribution in [2.45, 2.75) is 13.0 Å². The van der Waals surface area contributed by atoms with E-state index in [-0.39, 0.29) is 12.0 Å².